The third-order valence-corrected chi connectivity index (χ3v) is 6.93. The molecule has 1 amide bonds. The topological polar surface area (TPSA) is 29.1 Å². The number of halogens is 1. The number of fused-ring (bicyclic) bond motifs is 1. The zero-order valence-corrected chi connectivity index (χ0v) is 17.4. The zero-order chi connectivity index (χ0) is 20.1. The highest BCUT2D eigenvalue weighted by Gasteiger charge is 2.53. The average Bonchev–Trinajstić information content (AvgIpc) is 2.74. The Labute approximate surface area is 176 Å². The molecule has 0 aromatic heterocycles. The Morgan fingerprint density at radius 1 is 0.793 bits per heavy atom. The minimum Gasteiger partial charge on any atom is -0.326 e. The van der Waals surface area contributed by atoms with Crippen LogP contribution in [0.15, 0.2) is 72.8 Å². The summed E-state index contributed by atoms with van der Waals surface area (Å²) < 4.78 is 0. The highest BCUT2D eigenvalue weighted by molar-refractivity contribution is 6.30. The van der Waals surface area contributed by atoms with Gasteiger partial charge in [-0.1, -0.05) is 74.0 Å². The number of hydrogen-bond donors (Lipinski definition) is 1. The number of hydrogen-bond acceptors (Lipinski definition) is 1. The van der Waals surface area contributed by atoms with Gasteiger partial charge in [-0.2, -0.15) is 0 Å². The fraction of sp³-hybridized carbons (Fsp3) is 0.269. The lowest BCUT2D eigenvalue weighted by atomic mass is 9.52. The van der Waals surface area contributed by atoms with Gasteiger partial charge in [0.1, 0.15) is 0 Å². The van der Waals surface area contributed by atoms with Crippen molar-refractivity contribution in [1.29, 1.82) is 0 Å². The lowest BCUT2D eigenvalue weighted by Gasteiger charge is -2.51. The van der Waals surface area contributed by atoms with Gasteiger partial charge in [-0.25, -0.2) is 0 Å². The number of anilines is 1. The van der Waals surface area contributed by atoms with Crippen molar-refractivity contribution in [3.05, 3.63) is 100 Å². The van der Waals surface area contributed by atoms with E-state index in [-0.39, 0.29) is 29.6 Å². The highest BCUT2D eigenvalue weighted by atomic mass is 35.5. The smallest absolute Gasteiger partial charge is 0.228 e. The molecule has 1 N–H and O–H groups in total. The minimum absolute atomic E-state index is 0.0899. The minimum atomic E-state index is -0.0968. The van der Waals surface area contributed by atoms with E-state index in [1.807, 2.05) is 24.3 Å². The molecule has 0 heterocycles. The first kappa shape index (κ1) is 18.4. The van der Waals surface area contributed by atoms with E-state index >= 15 is 0 Å². The summed E-state index contributed by atoms with van der Waals surface area (Å²) in [5.41, 5.74) is 6.20. The van der Waals surface area contributed by atoms with Gasteiger partial charge in [-0.3, -0.25) is 4.79 Å². The predicted octanol–water partition coefficient (Wildman–Crippen LogP) is 6.46. The average molecular weight is 402 g/mol. The van der Waals surface area contributed by atoms with Crippen LogP contribution in [0.1, 0.15) is 47.9 Å². The van der Waals surface area contributed by atoms with Crippen molar-refractivity contribution in [3.8, 4) is 0 Å². The summed E-state index contributed by atoms with van der Waals surface area (Å²) in [6, 6.07) is 24.7. The number of benzene rings is 3. The molecule has 3 aromatic rings. The molecule has 0 saturated heterocycles. The SMILES string of the molecule is CC(C)C1C2c3ccccc3C(c3ccccc32)C1C(=O)Nc1ccc(Cl)cc1. The van der Waals surface area contributed by atoms with Crippen LogP contribution >= 0.6 is 11.6 Å². The molecule has 2 nitrogen and oxygen atoms in total. The van der Waals surface area contributed by atoms with Crippen LogP contribution in [0.4, 0.5) is 5.69 Å². The zero-order valence-electron chi connectivity index (χ0n) is 16.6. The van der Waals surface area contributed by atoms with Gasteiger partial charge in [0.15, 0.2) is 0 Å². The Kier molecular flexibility index (Phi) is 4.48. The maximum atomic E-state index is 13.6. The lowest BCUT2D eigenvalue weighted by Crippen LogP contribution is -2.47. The Morgan fingerprint density at radius 2 is 1.28 bits per heavy atom. The Morgan fingerprint density at radius 3 is 1.76 bits per heavy atom. The van der Waals surface area contributed by atoms with Crippen molar-refractivity contribution in [2.75, 3.05) is 5.32 Å². The number of carbonyl (C=O) groups is 1. The first-order valence-corrected chi connectivity index (χ1v) is 10.7. The quantitative estimate of drug-likeness (QED) is 0.536. The highest BCUT2D eigenvalue weighted by Crippen LogP contribution is 2.60. The monoisotopic (exact) mass is 401 g/mol. The van der Waals surface area contributed by atoms with Gasteiger partial charge in [-0.15, -0.1) is 0 Å². The second kappa shape index (κ2) is 7.03. The largest absolute Gasteiger partial charge is 0.326 e. The third kappa shape index (κ3) is 2.89. The van der Waals surface area contributed by atoms with Crippen LogP contribution in [0.3, 0.4) is 0 Å². The second-order valence-corrected chi connectivity index (χ2v) is 8.99. The fourth-order valence-corrected chi connectivity index (χ4v) is 5.73. The maximum Gasteiger partial charge on any atom is 0.228 e. The Bertz CT molecular complexity index is 1020. The summed E-state index contributed by atoms with van der Waals surface area (Å²) in [6.45, 7) is 4.50. The number of rotatable bonds is 3. The molecular weight excluding hydrogens is 378 g/mol. The van der Waals surface area contributed by atoms with E-state index in [1.54, 1.807) is 0 Å². The molecule has 0 spiro atoms. The summed E-state index contributed by atoms with van der Waals surface area (Å²) in [7, 11) is 0. The molecule has 3 aliphatic carbocycles. The van der Waals surface area contributed by atoms with Crippen molar-refractivity contribution >= 4 is 23.2 Å². The van der Waals surface area contributed by atoms with Crippen LogP contribution in [0.2, 0.25) is 5.02 Å². The van der Waals surface area contributed by atoms with Crippen LogP contribution in [0, 0.1) is 17.8 Å². The molecule has 3 aliphatic rings. The van der Waals surface area contributed by atoms with Gasteiger partial charge in [0, 0.05) is 22.5 Å². The van der Waals surface area contributed by atoms with Crippen LogP contribution in [-0.2, 0) is 4.79 Å². The molecule has 29 heavy (non-hydrogen) atoms. The molecule has 0 radical (unpaired) electrons. The molecule has 6 rings (SSSR count). The number of amides is 1. The van der Waals surface area contributed by atoms with Gasteiger partial charge >= 0.3 is 0 Å². The summed E-state index contributed by atoms with van der Waals surface area (Å²) in [4.78, 5) is 13.6. The van der Waals surface area contributed by atoms with Gasteiger partial charge < -0.3 is 5.32 Å². The number of nitrogens with one attached hydrogen (secondary N) is 1. The van der Waals surface area contributed by atoms with E-state index in [4.69, 9.17) is 11.6 Å². The molecule has 3 heteroatoms. The van der Waals surface area contributed by atoms with Crippen molar-refractivity contribution < 1.29 is 4.79 Å². The molecule has 2 atom stereocenters. The molecule has 2 bridgehead atoms. The van der Waals surface area contributed by atoms with E-state index in [1.165, 1.54) is 22.3 Å². The first-order valence-electron chi connectivity index (χ1n) is 10.3. The molecule has 2 unspecified atom stereocenters. The second-order valence-electron chi connectivity index (χ2n) is 8.56. The van der Waals surface area contributed by atoms with Crippen molar-refractivity contribution in [1.82, 2.24) is 0 Å². The van der Waals surface area contributed by atoms with Crippen molar-refractivity contribution in [2.24, 2.45) is 17.8 Å². The Balaban J connectivity index is 1.63. The van der Waals surface area contributed by atoms with Crippen LogP contribution in [0.25, 0.3) is 0 Å². The van der Waals surface area contributed by atoms with Crippen LogP contribution < -0.4 is 5.32 Å². The standard InChI is InChI=1S/C26H24ClNO/c1-15(2)22-23-18-7-3-5-9-20(18)24(21-10-6-4-8-19(21)23)25(22)26(29)28-17-13-11-16(27)12-14-17/h3-15,22-25H,1-2H3,(H,28,29). The van der Waals surface area contributed by atoms with E-state index in [0.29, 0.717) is 10.9 Å². The fourth-order valence-electron chi connectivity index (χ4n) is 5.61. The van der Waals surface area contributed by atoms with E-state index < -0.39 is 0 Å². The molecule has 0 aliphatic heterocycles. The summed E-state index contributed by atoms with van der Waals surface area (Å²) >= 11 is 6.01. The molecular formula is C26H24ClNO. The van der Waals surface area contributed by atoms with E-state index in [0.717, 1.165) is 5.69 Å². The predicted molar refractivity (Wildman–Crippen MR) is 118 cm³/mol. The summed E-state index contributed by atoms with van der Waals surface area (Å²) in [5.74, 6) is 1.01. The van der Waals surface area contributed by atoms with E-state index in [2.05, 4.69) is 67.7 Å². The molecule has 0 fully saturated rings. The molecule has 3 aromatic carbocycles. The summed E-state index contributed by atoms with van der Waals surface area (Å²) in [6.07, 6.45) is 0. The first-order chi connectivity index (χ1) is 14.1. The van der Waals surface area contributed by atoms with Gasteiger partial charge in [0.2, 0.25) is 5.91 Å². The van der Waals surface area contributed by atoms with Gasteiger partial charge in [0.05, 0.1) is 5.92 Å². The Hall–Kier alpha value is -2.58. The van der Waals surface area contributed by atoms with Gasteiger partial charge in [-0.05, 0) is 58.4 Å². The maximum absolute atomic E-state index is 13.6. The third-order valence-electron chi connectivity index (χ3n) is 6.68. The number of carbonyl (C=O) groups excluding carboxylic acids is 1. The van der Waals surface area contributed by atoms with Crippen molar-refractivity contribution in [2.45, 2.75) is 25.7 Å². The summed E-state index contributed by atoms with van der Waals surface area (Å²) in [5, 5.41) is 3.84. The van der Waals surface area contributed by atoms with Crippen LogP contribution in [0.5, 0.6) is 0 Å². The van der Waals surface area contributed by atoms with Gasteiger partial charge in [0.25, 0.3) is 0 Å². The molecule has 0 saturated carbocycles. The molecule has 146 valence electrons. The lowest BCUT2D eigenvalue weighted by molar-refractivity contribution is -0.123. The normalized spacial score (nSPS) is 24.1. The van der Waals surface area contributed by atoms with Crippen molar-refractivity contribution in [3.63, 3.8) is 0 Å². The van der Waals surface area contributed by atoms with E-state index in [9.17, 15) is 4.79 Å². The van der Waals surface area contributed by atoms with Crippen LogP contribution in [-0.4, -0.2) is 5.91 Å².